The van der Waals surface area contributed by atoms with Gasteiger partial charge in [-0.2, -0.15) is 0 Å². The molecule has 1 aromatic rings. The Balaban J connectivity index is 2.88. The van der Waals surface area contributed by atoms with E-state index in [-0.39, 0.29) is 6.61 Å². The van der Waals surface area contributed by atoms with Crippen LogP contribution in [-0.2, 0) is 12.1 Å². The highest BCUT2D eigenvalue weighted by Gasteiger charge is 2.19. The third-order valence-electron chi connectivity index (χ3n) is 2.34. The first kappa shape index (κ1) is 12.5. The first-order valence-electron chi connectivity index (χ1n) is 5.04. The van der Waals surface area contributed by atoms with Crippen molar-refractivity contribution in [2.75, 3.05) is 6.61 Å². The van der Waals surface area contributed by atoms with E-state index in [9.17, 15) is 4.39 Å². The zero-order chi connectivity index (χ0) is 11.5. The van der Waals surface area contributed by atoms with Crippen molar-refractivity contribution in [3.8, 4) is 0 Å². The Hall–Kier alpha value is -0.600. The Morgan fingerprint density at radius 1 is 1.40 bits per heavy atom. The molecular weight excluding hydrogens is 215 g/mol. The Kier molecular flexibility index (Phi) is 4.12. The largest absolute Gasteiger partial charge is 0.396 e. The van der Waals surface area contributed by atoms with E-state index in [0.29, 0.717) is 17.0 Å². The van der Waals surface area contributed by atoms with Crippen LogP contribution in [0, 0.1) is 0 Å². The summed E-state index contributed by atoms with van der Waals surface area (Å²) < 4.78 is 13.6. The second kappa shape index (κ2) is 4.95. The summed E-state index contributed by atoms with van der Waals surface area (Å²) in [7, 11) is 0. The third-order valence-corrected chi connectivity index (χ3v) is 2.70. The number of aliphatic hydroxyl groups excluding tert-OH is 1. The molecule has 0 atom stereocenters. The lowest BCUT2D eigenvalue weighted by molar-refractivity contribution is 0.221. The van der Waals surface area contributed by atoms with E-state index in [4.69, 9.17) is 16.7 Å². The molecule has 0 radical (unpaired) electrons. The highest BCUT2D eigenvalue weighted by molar-refractivity contribution is 6.31. The number of halogens is 2. The molecule has 1 aromatic carbocycles. The minimum Gasteiger partial charge on any atom is -0.396 e. The quantitative estimate of drug-likeness (QED) is 0.840. The summed E-state index contributed by atoms with van der Waals surface area (Å²) in [5.41, 5.74) is 0.179. The van der Waals surface area contributed by atoms with E-state index in [1.807, 2.05) is 6.07 Å². The van der Waals surface area contributed by atoms with Gasteiger partial charge < -0.3 is 5.11 Å². The van der Waals surface area contributed by atoms with Crippen LogP contribution < -0.4 is 0 Å². The van der Waals surface area contributed by atoms with Gasteiger partial charge in [0.25, 0.3) is 0 Å². The Morgan fingerprint density at radius 3 is 2.53 bits per heavy atom. The predicted octanol–water partition coefficient (Wildman–Crippen LogP) is 3.47. The molecule has 0 amide bonds. The fraction of sp³-hybridized carbons (Fsp3) is 0.500. The van der Waals surface area contributed by atoms with E-state index < -0.39 is 5.67 Å². The van der Waals surface area contributed by atoms with Crippen molar-refractivity contribution in [3.63, 3.8) is 0 Å². The molecule has 0 bridgehead atoms. The first-order chi connectivity index (χ1) is 6.95. The SMILES string of the molecule is CC(C)(F)c1ccc(CCCO)c(Cl)c1. The maximum atomic E-state index is 13.6. The van der Waals surface area contributed by atoms with Gasteiger partial charge in [0.05, 0.1) is 0 Å². The van der Waals surface area contributed by atoms with Gasteiger partial charge in [-0.1, -0.05) is 23.7 Å². The summed E-state index contributed by atoms with van der Waals surface area (Å²) in [5, 5.41) is 9.27. The molecular formula is C12H16ClFO. The number of aliphatic hydroxyl groups is 1. The standard InChI is InChI=1S/C12H16ClFO/c1-12(2,14)10-6-5-9(4-3-7-15)11(13)8-10/h5-6,8,15H,3-4,7H2,1-2H3. The van der Waals surface area contributed by atoms with Gasteiger partial charge >= 0.3 is 0 Å². The number of benzene rings is 1. The molecule has 0 heterocycles. The van der Waals surface area contributed by atoms with Crippen LogP contribution >= 0.6 is 11.6 Å². The Morgan fingerprint density at radius 2 is 2.07 bits per heavy atom. The van der Waals surface area contributed by atoms with E-state index >= 15 is 0 Å². The molecule has 1 nitrogen and oxygen atoms in total. The van der Waals surface area contributed by atoms with Gasteiger partial charge in [-0.3, -0.25) is 0 Å². The van der Waals surface area contributed by atoms with Crippen molar-refractivity contribution >= 4 is 11.6 Å². The van der Waals surface area contributed by atoms with Crippen molar-refractivity contribution in [1.29, 1.82) is 0 Å². The smallest absolute Gasteiger partial charge is 0.130 e. The topological polar surface area (TPSA) is 20.2 Å². The second-order valence-corrected chi connectivity index (χ2v) is 4.51. The van der Waals surface area contributed by atoms with Crippen LogP contribution in [0.5, 0.6) is 0 Å². The molecule has 0 aliphatic carbocycles. The molecule has 1 rings (SSSR count). The summed E-state index contributed by atoms with van der Waals surface area (Å²) in [4.78, 5) is 0. The van der Waals surface area contributed by atoms with Crippen LogP contribution in [0.15, 0.2) is 18.2 Å². The lowest BCUT2D eigenvalue weighted by atomic mass is 9.98. The highest BCUT2D eigenvalue weighted by Crippen LogP contribution is 2.28. The molecule has 0 aliphatic heterocycles. The fourth-order valence-electron chi connectivity index (χ4n) is 1.39. The number of aryl methyl sites for hydroxylation is 1. The molecule has 0 aromatic heterocycles. The van der Waals surface area contributed by atoms with Gasteiger partial charge in [0.15, 0.2) is 0 Å². The summed E-state index contributed by atoms with van der Waals surface area (Å²) in [5.74, 6) is 0. The first-order valence-corrected chi connectivity index (χ1v) is 5.41. The molecule has 3 heteroatoms. The molecule has 0 spiro atoms. The van der Waals surface area contributed by atoms with Crippen molar-refractivity contribution in [1.82, 2.24) is 0 Å². The van der Waals surface area contributed by atoms with Gasteiger partial charge in [0.2, 0.25) is 0 Å². The Labute approximate surface area is 94.9 Å². The number of alkyl halides is 1. The van der Waals surface area contributed by atoms with E-state index in [0.717, 1.165) is 12.0 Å². The monoisotopic (exact) mass is 230 g/mol. The minimum absolute atomic E-state index is 0.146. The van der Waals surface area contributed by atoms with E-state index in [1.165, 1.54) is 13.8 Å². The van der Waals surface area contributed by atoms with Crippen molar-refractivity contribution in [3.05, 3.63) is 34.3 Å². The number of hydrogen-bond donors (Lipinski definition) is 1. The zero-order valence-corrected chi connectivity index (χ0v) is 9.81. The van der Waals surface area contributed by atoms with Crippen molar-refractivity contribution in [2.24, 2.45) is 0 Å². The zero-order valence-electron chi connectivity index (χ0n) is 9.06. The van der Waals surface area contributed by atoms with Crippen LogP contribution in [-0.4, -0.2) is 11.7 Å². The van der Waals surface area contributed by atoms with E-state index in [2.05, 4.69) is 0 Å². The highest BCUT2D eigenvalue weighted by atomic mass is 35.5. The fourth-order valence-corrected chi connectivity index (χ4v) is 1.66. The maximum absolute atomic E-state index is 13.6. The summed E-state index contributed by atoms with van der Waals surface area (Å²) in [6.07, 6.45) is 1.40. The number of hydrogen-bond acceptors (Lipinski definition) is 1. The predicted molar refractivity (Wildman–Crippen MR) is 61.0 cm³/mol. The lowest BCUT2D eigenvalue weighted by Crippen LogP contribution is -2.09. The van der Waals surface area contributed by atoms with Crippen LogP contribution in [0.2, 0.25) is 5.02 Å². The summed E-state index contributed by atoms with van der Waals surface area (Å²) >= 11 is 6.02. The molecule has 0 saturated carbocycles. The van der Waals surface area contributed by atoms with Gasteiger partial charge in [-0.05, 0) is 43.9 Å². The number of rotatable bonds is 4. The van der Waals surface area contributed by atoms with Gasteiger partial charge in [-0.25, -0.2) is 4.39 Å². The molecule has 84 valence electrons. The summed E-state index contributed by atoms with van der Waals surface area (Å²) in [6.45, 7) is 3.16. The third kappa shape index (κ3) is 3.47. The average Bonchev–Trinajstić information content (AvgIpc) is 2.14. The molecule has 0 aliphatic rings. The molecule has 0 fully saturated rings. The minimum atomic E-state index is -1.36. The van der Waals surface area contributed by atoms with Crippen molar-refractivity contribution in [2.45, 2.75) is 32.4 Å². The average molecular weight is 231 g/mol. The molecule has 1 N–H and O–H groups in total. The second-order valence-electron chi connectivity index (χ2n) is 4.11. The van der Waals surface area contributed by atoms with Crippen LogP contribution in [0.4, 0.5) is 4.39 Å². The van der Waals surface area contributed by atoms with E-state index in [1.54, 1.807) is 12.1 Å². The van der Waals surface area contributed by atoms with Crippen molar-refractivity contribution < 1.29 is 9.50 Å². The van der Waals surface area contributed by atoms with Crippen LogP contribution in [0.1, 0.15) is 31.4 Å². The lowest BCUT2D eigenvalue weighted by Gasteiger charge is -2.16. The van der Waals surface area contributed by atoms with Gasteiger partial charge in [0, 0.05) is 11.6 Å². The van der Waals surface area contributed by atoms with Gasteiger partial charge in [0.1, 0.15) is 5.67 Å². The summed E-state index contributed by atoms with van der Waals surface area (Å²) in [6, 6.07) is 5.24. The maximum Gasteiger partial charge on any atom is 0.130 e. The normalized spacial score (nSPS) is 11.8. The molecule has 0 unspecified atom stereocenters. The van der Waals surface area contributed by atoms with Crippen LogP contribution in [0.25, 0.3) is 0 Å². The Bertz CT molecular complexity index is 331. The van der Waals surface area contributed by atoms with Gasteiger partial charge in [-0.15, -0.1) is 0 Å². The van der Waals surface area contributed by atoms with Crippen LogP contribution in [0.3, 0.4) is 0 Å². The molecule has 15 heavy (non-hydrogen) atoms. The molecule has 0 saturated heterocycles.